The normalized spacial score (nSPS) is 21.5. The van der Waals surface area contributed by atoms with Gasteiger partial charge in [-0.2, -0.15) is 0 Å². The highest BCUT2D eigenvalue weighted by atomic mass is 16.3. The molecule has 118 valence electrons. The number of carbonyl (C=O) groups is 2. The van der Waals surface area contributed by atoms with E-state index in [1.54, 1.807) is 18.2 Å². The second-order valence-corrected chi connectivity index (χ2v) is 6.20. The number of rotatable bonds is 0. The average Bonchev–Trinajstić information content (AvgIpc) is 2.59. The van der Waals surface area contributed by atoms with E-state index in [0.717, 1.165) is 0 Å². The van der Waals surface area contributed by atoms with Crippen molar-refractivity contribution in [1.82, 2.24) is 4.98 Å². The number of hydrogen-bond donors (Lipinski definition) is 2. The summed E-state index contributed by atoms with van der Waals surface area (Å²) in [4.78, 5) is 29.4. The first-order valence-electron chi connectivity index (χ1n) is 7.57. The van der Waals surface area contributed by atoms with Gasteiger partial charge in [0.1, 0.15) is 17.0 Å². The van der Waals surface area contributed by atoms with Crippen molar-refractivity contribution in [3.8, 4) is 18.1 Å². The number of nitrogens with zero attached hydrogens (tertiary/aromatic N) is 1. The topological polar surface area (TPSA) is 87.5 Å². The van der Waals surface area contributed by atoms with Gasteiger partial charge in [0, 0.05) is 18.2 Å². The lowest BCUT2D eigenvalue weighted by molar-refractivity contribution is 0.0856. The van der Waals surface area contributed by atoms with E-state index in [-0.39, 0.29) is 40.3 Å². The van der Waals surface area contributed by atoms with Crippen LogP contribution in [0, 0.1) is 12.3 Å². The van der Waals surface area contributed by atoms with Crippen molar-refractivity contribution >= 4 is 11.6 Å². The third kappa shape index (κ3) is 1.84. The van der Waals surface area contributed by atoms with Gasteiger partial charge in [0.2, 0.25) is 5.78 Å². The third-order valence-electron chi connectivity index (χ3n) is 4.78. The molecule has 1 aromatic heterocycles. The van der Waals surface area contributed by atoms with E-state index in [4.69, 9.17) is 6.42 Å². The second-order valence-electron chi connectivity index (χ2n) is 6.20. The molecule has 0 amide bonds. The van der Waals surface area contributed by atoms with E-state index in [9.17, 15) is 19.8 Å². The Morgan fingerprint density at radius 3 is 2.79 bits per heavy atom. The smallest absolute Gasteiger partial charge is 0.216 e. The summed E-state index contributed by atoms with van der Waals surface area (Å²) >= 11 is 0. The molecule has 1 atom stereocenters. The molecule has 0 radical (unpaired) electrons. The summed E-state index contributed by atoms with van der Waals surface area (Å²) in [5, 5.41) is 20.9. The fourth-order valence-electron chi connectivity index (χ4n) is 3.50. The highest BCUT2D eigenvalue weighted by molar-refractivity contribution is 6.28. The Hall–Kier alpha value is -2.97. The fraction of sp³-hybridized carbons (Fsp3) is 0.211. The number of aliphatic hydroxyl groups is 1. The summed E-state index contributed by atoms with van der Waals surface area (Å²) in [6.07, 6.45) is 7.60. The number of aromatic nitrogens is 1. The van der Waals surface area contributed by atoms with E-state index in [0.29, 0.717) is 24.0 Å². The monoisotopic (exact) mass is 319 g/mol. The second kappa shape index (κ2) is 4.76. The van der Waals surface area contributed by atoms with Crippen LogP contribution in [-0.4, -0.2) is 32.4 Å². The maximum Gasteiger partial charge on any atom is 0.216 e. The summed E-state index contributed by atoms with van der Waals surface area (Å²) in [5.74, 6) is 1.35. The van der Waals surface area contributed by atoms with Crippen molar-refractivity contribution < 1.29 is 19.8 Å². The summed E-state index contributed by atoms with van der Waals surface area (Å²) in [6.45, 7) is 0. The van der Waals surface area contributed by atoms with E-state index < -0.39 is 11.4 Å². The van der Waals surface area contributed by atoms with Gasteiger partial charge in [-0.3, -0.25) is 14.6 Å². The highest BCUT2D eigenvalue weighted by Gasteiger charge is 2.38. The van der Waals surface area contributed by atoms with Crippen LogP contribution in [0.1, 0.15) is 49.5 Å². The Labute approximate surface area is 138 Å². The molecule has 2 aliphatic rings. The van der Waals surface area contributed by atoms with Crippen LogP contribution in [0.3, 0.4) is 0 Å². The Morgan fingerprint density at radius 1 is 1.25 bits per heavy atom. The zero-order valence-corrected chi connectivity index (χ0v) is 12.7. The number of aromatic hydroxyl groups is 1. The lowest BCUT2D eigenvalue weighted by Crippen LogP contribution is -2.35. The molecule has 1 unspecified atom stereocenters. The molecule has 2 aliphatic carbocycles. The Balaban J connectivity index is 1.96. The molecule has 2 aromatic rings. The number of ketones is 2. The minimum Gasteiger partial charge on any atom is -0.507 e. The van der Waals surface area contributed by atoms with Crippen LogP contribution in [0.15, 0.2) is 24.4 Å². The first kappa shape index (κ1) is 14.6. The molecule has 0 saturated carbocycles. The van der Waals surface area contributed by atoms with Gasteiger partial charge in [0.25, 0.3) is 0 Å². The Morgan fingerprint density at radius 2 is 2.04 bits per heavy atom. The highest BCUT2D eigenvalue weighted by Crippen LogP contribution is 2.40. The molecule has 5 heteroatoms. The van der Waals surface area contributed by atoms with Gasteiger partial charge in [0.15, 0.2) is 5.78 Å². The van der Waals surface area contributed by atoms with Crippen LogP contribution in [0.25, 0.3) is 0 Å². The number of phenolic OH excluding ortho intramolecular Hbond substituents is 1. The van der Waals surface area contributed by atoms with Crippen molar-refractivity contribution in [3.63, 3.8) is 0 Å². The fourth-order valence-corrected chi connectivity index (χ4v) is 3.50. The number of hydrogen-bond acceptors (Lipinski definition) is 5. The minimum atomic E-state index is -1.30. The van der Waals surface area contributed by atoms with E-state index >= 15 is 0 Å². The summed E-state index contributed by atoms with van der Waals surface area (Å²) < 4.78 is 0. The Bertz CT molecular complexity index is 970. The van der Waals surface area contributed by atoms with Gasteiger partial charge in [-0.05, 0) is 42.2 Å². The van der Waals surface area contributed by atoms with Crippen molar-refractivity contribution in [2.75, 3.05) is 0 Å². The van der Waals surface area contributed by atoms with Crippen molar-refractivity contribution in [1.29, 1.82) is 0 Å². The molecular formula is C19H13NO4. The van der Waals surface area contributed by atoms with E-state index in [1.165, 1.54) is 6.20 Å². The molecule has 5 nitrogen and oxygen atoms in total. The van der Waals surface area contributed by atoms with Crippen LogP contribution in [-0.2, 0) is 12.8 Å². The maximum atomic E-state index is 12.7. The van der Waals surface area contributed by atoms with Gasteiger partial charge >= 0.3 is 0 Å². The molecule has 1 heterocycles. The van der Waals surface area contributed by atoms with E-state index in [1.807, 2.05) is 0 Å². The van der Waals surface area contributed by atoms with Gasteiger partial charge in [-0.1, -0.05) is 5.92 Å². The number of benzene rings is 1. The third-order valence-corrected chi connectivity index (χ3v) is 4.78. The standard InChI is InChI=1S/C19H13NO4/c1-2-19(24)6-5-11-10(9-19)8-13-14(17(11)22)18(23)15-12(16(13)21)4-3-7-20-15/h1,3-4,7-8,22,24H,5-6,9H2. The number of phenols is 1. The van der Waals surface area contributed by atoms with Crippen LogP contribution in [0.2, 0.25) is 0 Å². The zero-order chi connectivity index (χ0) is 17.1. The Kier molecular flexibility index (Phi) is 2.90. The number of terminal acetylenes is 1. The van der Waals surface area contributed by atoms with Crippen LogP contribution in [0.4, 0.5) is 0 Å². The molecule has 0 spiro atoms. The summed E-state index contributed by atoms with van der Waals surface area (Å²) in [7, 11) is 0. The molecule has 2 N–H and O–H groups in total. The number of fused-ring (bicyclic) bond motifs is 3. The summed E-state index contributed by atoms with van der Waals surface area (Å²) in [6, 6.07) is 4.70. The molecule has 1 aromatic carbocycles. The molecule has 0 bridgehead atoms. The molecule has 24 heavy (non-hydrogen) atoms. The van der Waals surface area contributed by atoms with Crippen LogP contribution < -0.4 is 0 Å². The number of pyridine rings is 1. The van der Waals surface area contributed by atoms with Gasteiger partial charge in [-0.25, -0.2) is 0 Å². The minimum absolute atomic E-state index is 0.00361. The maximum absolute atomic E-state index is 12.7. The van der Waals surface area contributed by atoms with Crippen LogP contribution >= 0.6 is 0 Å². The molecule has 0 aliphatic heterocycles. The van der Waals surface area contributed by atoms with Crippen molar-refractivity contribution in [2.45, 2.75) is 24.9 Å². The lowest BCUT2D eigenvalue weighted by atomic mass is 9.76. The zero-order valence-electron chi connectivity index (χ0n) is 12.7. The largest absolute Gasteiger partial charge is 0.507 e. The predicted molar refractivity (Wildman–Crippen MR) is 85.0 cm³/mol. The SMILES string of the molecule is C#CC1(O)CCc2c(cc3c(c2O)C(=O)c2ncccc2C3=O)C1. The van der Waals surface area contributed by atoms with Crippen molar-refractivity contribution in [3.05, 3.63) is 57.9 Å². The molecule has 4 rings (SSSR count). The quantitative estimate of drug-likeness (QED) is 0.612. The summed E-state index contributed by atoms with van der Waals surface area (Å²) in [5.41, 5.74) is 0.280. The molecule has 0 saturated heterocycles. The predicted octanol–water partition coefficient (Wildman–Crippen LogP) is 1.42. The van der Waals surface area contributed by atoms with Crippen LogP contribution in [0.5, 0.6) is 5.75 Å². The average molecular weight is 319 g/mol. The molecular weight excluding hydrogens is 306 g/mol. The van der Waals surface area contributed by atoms with Gasteiger partial charge in [-0.15, -0.1) is 6.42 Å². The molecule has 0 fully saturated rings. The number of carbonyl (C=O) groups excluding carboxylic acids is 2. The lowest BCUT2D eigenvalue weighted by Gasteiger charge is -2.31. The van der Waals surface area contributed by atoms with Crippen molar-refractivity contribution in [2.24, 2.45) is 0 Å². The van der Waals surface area contributed by atoms with E-state index in [2.05, 4.69) is 10.9 Å². The first-order valence-corrected chi connectivity index (χ1v) is 7.57. The first-order chi connectivity index (χ1) is 11.4. The van der Waals surface area contributed by atoms with Gasteiger partial charge in [0.05, 0.1) is 11.1 Å². The van der Waals surface area contributed by atoms with Gasteiger partial charge < -0.3 is 10.2 Å².